The minimum absolute atomic E-state index is 0.0306. The first-order valence-electron chi connectivity index (χ1n) is 10.2. The molecule has 1 amide bonds. The zero-order valence-electron chi connectivity index (χ0n) is 16.0. The second-order valence-electron chi connectivity index (χ2n) is 8.60. The third-order valence-corrected chi connectivity index (χ3v) is 6.74. The predicted octanol–water partition coefficient (Wildman–Crippen LogP) is 2.05. The average molecular weight is 379 g/mol. The van der Waals surface area contributed by atoms with E-state index in [1.165, 1.54) is 17.7 Å². The summed E-state index contributed by atoms with van der Waals surface area (Å²) in [6.07, 6.45) is 0.293. The molecule has 4 nitrogen and oxygen atoms in total. The summed E-state index contributed by atoms with van der Waals surface area (Å²) in [6.45, 7) is 6.30. The first-order chi connectivity index (χ1) is 13.6. The highest BCUT2D eigenvalue weighted by Crippen LogP contribution is 2.43. The van der Waals surface area contributed by atoms with Crippen molar-refractivity contribution < 1.29 is 9.18 Å². The molecule has 3 unspecified atom stereocenters. The molecule has 4 saturated heterocycles. The number of benzene rings is 2. The molecule has 0 aromatic heterocycles. The zero-order chi connectivity index (χ0) is 19.1. The van der Waals surface area contributed by atoms with Gasteiger partial charge in [0, 0.05) is 56.6 Å². The summed E-state index contributed by atoms with van der Waals surface area (Å²) in [6, 6.07) is 17.1. The lowest BCUT2D eigenvalue weighted by Gasteiger charge is -2.55. The lowest BCUT2D eigenvalue weighted by Crippen LogP contribution is -2.70. The van der Waals surface area contributed by atoms with Crippen molar-refractivity contribution in [3.63, 3.8) is 0 Å². The molecule has 5 heteroatoms. The van der Waals surface area contributed by atoms with Crippen LogP contribution in [0.5, 0.6) is 0 Å². The SMILES string of the molecule is O=C(Cc1ccc(F)cc1)NC1C2CN3CCN(C2)CC1(c1ccccc1)C3. The third-order valence-electron chi connectivity index (χ3n) is 6.74. The standard InChI is InChI=1S/C23H26FN3O/c24-20-8-6-17(7-9-20)12-21(28)25-22-18-13-26-10-11-27(14-18)16-23(22,15-26)19-4-2-1-3-5-19/h1-9,18,22H,10-16H2,(H,25,28). The van der Waals surface area contributed by atoms with Crippen LogP contribution in [-0.4, -0.2) is 61.0 Å². The van der Waals surface area contributed by atoms with Crippen LogP contribution >= 0.6 is 0 Å². The van der Waals surface area contributed by atoms with Crippen molar-refractivity contribution in [3.8, 4) is 0 Å². The predicted molar refractivity (Wildman–Crippen MR) is 107 cm³/mol. The van der Waals surface area contributed by atoms with E-state index in [1.807, 2.05) is 0 Å². The Morgan fingerprint density at radius 1 is 1.00 bits per heavy atom. The van der Waals surface area contributed by atoms with Gasteiger partial charge in [0.05, 0.1) is 6.42 Å². The number of halogens is 1. The smallest absolute Gasteiger partial charge is 0.224 e. The lowest BCUT2D eigenvalue weighted by atomic mass is 9.64. The van der Waals surface area contributed by atoms with Crippen molar-refractivity contribution in [1.29, 1.82) is 0 Å². The molecule has 0 saturated carbocycles. The quantitative estimate of drug-likeness (QED) is 0.883. The Bertz CT molecular complexity index is 838. The highest BCUT2D eigenvalue weighted by Gasteiger charge is 2.55. The van der Waals surface area contributed by atoms with Crippen molar-refractivity contribution in [2.24, 2.45) is 5.92 Å². The van der Waals surface area contributed by atoms with Crippen molar-refractivity contribution >= 4 is 5.91 Å². The zero-order valence-corrected chi connectivity index (χ0v) is 16.0. The number of nitrogens with one attached hydrogen (secondary N) is 1. The number of carbonyl (C=O) groups is 1. The Kier molecular flexibility index (Phi) is 4.44. The third kappa shape index (κ3) is 3.12. The maximum absolute atomic E-state index is 13.2. The molecule has 28 heavy (non-hydrogen) atoms. The van der Waals surface area contributed by atoms with Crippen molar-refractivity contribution in [1.82, 2.24) is 15.1 Å². The molecular formula is C23H26FN3O. The summed E-state index contributed by atoms with van der Waals surface area (Å²) in [5.74, 6) is 0.193. The average Bonchev–Trinajstić information content (AvgIpc) is 2.95. The Hall–Kier alpha value is -2.24. The number of nitrogens with zero attached hydrogens (tertiary/aromatic N) is 2. The molecule has 1 N–H and O–H groups in total. The summed E-state index contributed by atoms with van der Waals surface area (Å²) in [4.78, 5) is 18.1. The van der Waals surface area contributed by atoms with Gasteiger partial charge in [-0.2, -0.15) is 0 Å². The van der Waals surface area contributed by atoms with Crippen LogP contribution in [-0.2, 0) is 16.6 Å². The van der Waals surface area contributed by atoms with Gasteiger partial charge in [0.2, 0.25) is 5.91 Å². The number of piperidine rings is 2. The van der Waals surface area contributed by atoms with Gasteiger partial charge in [-0.15, -0.1) is 0 Å². The van der Waals surface area contributed by atoms with Gasteiger partial charge in [0.25, 0.3) is 0 Å². The van der Waals surface area contributed by atoms with Gasteiger partial charge < -0.3 is 15.1 Å². The number of rotatable bonds is 4. The minimum Gasteiger partial charge on any atom is -0.352 e. The maximum atomic E-state index is 13.2. The van der Waals surface area contributed by atoms with E-state index in [2.05, 4.69) is 45.4 Å². The Balaban J connectivity index is 1.43. The van der Waals surface area contributed by atoms with E-state index in [0.717, 1.165) is 44.8 Å². The summed E-state index contributed by atoms with van der Waals surface area (Å²) < 4.78 is 13.2. The van der Waals surface area contributed by atoms with Gasteiger partial charge in [0.15, 0.2) is 0 Å². The van der Waals surface area contributed by atoms with E-state index < -0.39 is 0 Å². The van der Waals surface area contributed by atoms with Crippen LogP contribution in [0.1, 0.15) is 11.1 Å². The van der Waals surface area contributed by atoms with Gasteiger partial charge in [-0.3, -0.25) is 4.79 Å². The molecule has 6 rings (SSSR count). The van der Waals surface area contributed by atoms with Crippen LogP contribution in [0.15, 0.2) is 54.6 Å². The van der Waals surface area contributed by atoms with E-state index in [4.69, 9.17) is 0 Å². The second kappa shape index (κ2) is 6.98. The van der Waals surface area contributed by atoms with Gasteiger partial charge in [-0.05, 0) is 23.3 Å². The fourth-order valence-electron chi connectivity index (χ4n) is 5.58. The number of hydrogen-bond acceptors (Lipinski definition) is 3. The van der Waals surface area contributed by atoms with E-state index >= 15 is 0 Å². The fraction of sp³-hybridized carbons (Fsp3) is 0.435. The van der Waals surface area contributed by atoms with Crippen LogP contribution in [0.25, 0.3) is 0 Å². The molecule has 0 radical (unpaired) electrons. The number of amides is 1. The molecule has 4 fully saturated rings. The molecule has 0 spiro atoms. The lowest BCUT2D eigenvalue weighted by molar-refractivity contribution is -0.123. The minimum atomic E-state index is -0.271. The number of fused-ring (bicyclic) bond motifs is 1. The summed E-state index contributed by atoms with van der Waals surface area (Å²) in [5, 5.41) is 3.41. The van der Waals surface area contributed by atoms with Crippen molar-refractivity contribution in [2.45, 2.75) is 17.9 Å². The van der Waals surface area contributed by atoms with Crippen LogP contribution in [0.3, 0.4) is 0 Å². The summed E-state index contributed by atoms with van der Waals surface area (Å²) in [7, 11) is 0. The van der Waals surface area contributed by atoms with E-state index in [0.29, 0.717) is 12.3 Å². The molecule has 2 aromatic carbocycles. The van der Waals surface area contributed by atoms with E-state index in [1.54, 1.807) is 12.1 Å². The summed E-state index contributed by atoms with van der Waals surface area (Å²) >= 11 is 0. The van der Waals surface area contributed by atoms with Crippen molar-refractivity contribution in [2.75, 3.05) is 39.3 Å². The second-order valence-corrected chi connectivity index (χ2v) is 8.60. The van der Waals surface area contributed by atoms with Crippen LogP contribution in [0, 0.1) is 11.7 Å². The monoisotopic (exact) mass is 379 g/mol. The molecule has 4 aliphatic heterocycles. The van der Waals surface area contributed by atoms with Gasteiger partial charge >= 0.3 is 0 Å². The molecule has 146 valence electrons. The Morgan fingerprint density at radius 2 is 1.64 bits per heavy atom. The van der Waals surface area contributed by atoms with Gasteiger partial charge in [0.1, 0.15) is 5.82 Å². The molecular weight excluding hydrogens is 353 g/mol. The van der Waals surface area contributed by atoms with Gasteiger partial charge in [-0.25, -0.2) is 4.39 Å². The molecule has 4 heterocycles. The van der Waals surface area contributed by atoms with Crippen LogP contribution < -0.4 is 5.32 Å². The molecule has 4 bridgehead atoms. The molecule has 0 aliphatic carbocycles. The molecule has 3 atom stereocenters. The Labute approximate surface area is 165 Å². The molecule has 4 aliphatic rings. The van der Waals surface area contributed by atoms with Gasteiger partial charge in [-0.1, -0.05) is 42.5 Å². The topological polar surface area (TPSA) is 35.6 Å². The maximum Gasteiger partial charge on any atom is 0.224 e. The van der Waals surface area contributed by atoms with E-state index in [-0.39, 0.29) is 23.2 Å². The normalized spacial score (nSPS) is 33.5. The highest BCUT2D eigenvalue weighted by molar-refractivity contribution is 5.79. The summed E-state index contributed by atoms with van der Waals surface area (Å²) in [5.41, 5.74) is 2.10. The molecule has 2 aromatic rings. The van der Waals surface area contributed by atoms with Crippen LogP contribution in [0.4, 0.5) is 4.39 Å². The van der Waals surface area contributed by atoms with E-state index in [9.17, 15) is 9.18 Å². The number of hydrogen-bond donors (Lipinski definition) is 1. The first kappa shape index (κ1) is 17.8. The van der Waals surface area contributed by atoms with Crippen LogP contribution in [0.2, 0.25) is 0 Å². The fourth-order valence-corrected chi connectivity index (χ4v) is 5.58. The Morgan fingerprint density at radius 3 is 2.29 bits per heavy atom. The first-order valence-corrected chi connectivity index (χ1v) is 10.2. The largest absolute Gasteiger partial charge is 0.352 e. The highest BCUT2D eigenvalue weighted by atomic mass is 19.1. The van der Waals surface area contributed by atoms with Crippen molar-refractivity contribution in [3.05, 3.63) is 71.5 Å². The number of carbonyl (C=O) groups excluding carboxylic acids is 1.